The number of aromatic hydroxyl groups is 1. The molecule has 0 bridgehead atoms. The van der Waals surface area contributed by atoms with Gasteiger partial charge >= 0.3 is 0 Å². The van der Waals surface area contributed by atoms with E-state index in [1.807, 2.05) is 13.8 Å². The molecule has 1 aromatic heterocycles. The number of aromatic nitrogens is 2. The normalized spacial score (nSPS) is 14.6. The minimum Gasteiger partial charge on any atom is -0.492 e. The van der Waals surface area contributed by atoms with Gasteiger partial charge in [-0.05, 0) is 25.2 Å². The van der Waals surface area contributed by atoms with Crippen LogP contribution in [-0.2, 0) is 19.4 Å². The second-order valence-corrected chi connectivity index (χ2v) is 4.49. The van der Waals surface area contributed by atoms with E-state index in [4.69, 9.17) is 0 Å². The summed E-state index contributed by atoms with van der Waals surface area (Å²) in [6.45, 7) is 4.79. The largest absolute Gasteiger partial charge is 0.492 e. The van der Waals surface area contributed by atoms with Crippen molar-refractivity contribution in [2.45, 2.75) is 39.7 Å². The predicted molar refractivity (Wildman–Crippen MR) is 57.0 cm³/mol. The highest BCUT2D eigenvalue weighted by molar-refractivity contribution is 5.23. The maximum Gasteiger partial charge on any atom is 0.272 e. The van der Waals surface area contributed by atoms with Gasteiger partial charge in [0, 0.05) is 6.54 Å². The van der Waals surface area contributed by atoms with Gasteiger partial charge in [0.05, 0.1) is 5.69 Å². The predicted octanol–water partition coefficient (Wildman–Crippen LogP) is 1.09. The van der Waals surface area contributed by atoms with E-state index in [0.29, 0.717) is 23.7 Å². The number of hydrogen-bond donors (Lipinski definition) is 1. The highest BCUT2D eigenvalue weighted by Gasteiger charge is 2.20. The average Bonchev–Trinajstić information content (AvgIpc) is 2.61. The summed E-state index contributed by atoms with van der Waals surface area (Å²) in [4.78, 5) is 15.9. The van der Waals surface area contributed by atoms with Crippen LogP contribution in [0.3, 0.4) is 0 Å². The van der Waals surface area contributed by atoms with Crippen molar-refractivity contribution in [3.63, 3.8) is 0 Å². The van der Waals surface area contributed by atoms with Gasteiger partial charge in [0.1, 0.15) is 5.69 Å². The van der Waals surface area contributed by atoms with Crippen molar-refractivity contribution in [3.8, 4) is 5.88 Å². The van der Waals surface area contributed by atoms with Gasteiger partial charge in [0.2, 0.25) is 5.88 Å². The highest BCUT2D eigenvalue weighted by atomic mass is 16.3. The van der Waals surface area contributed by atoms with Crippen LogP contribution in [-0.4, -0.2) is 14.7 Å². The summed E-state index contributed by atoms with van der Waals surface area (Å²) in [7, 11) is 0. The van der Waals surface area contributed by atoms with Crippen LogP contribution in [0.4, 0.5) is 0 Å². The lowest BCUT2D eigenvalue weighted by Gasteiger charge is -2.09. The van der Waals surface area contributed by atoms with Crippen LogP contribution >= 0.6 is 0 Å². The Labute approximate surface area is 88.6 Å². The molecule has 0 unspecified atom stereocenters. The minimum absolute atomic E-state index is 0.0194. The Morgan fingerprint density at radius 3 is 2.93 bits per heavy atom. The first-order chi connectivity index (χ1) is 7.09. The molecule has 0 aromatic carbocycles. The number of fused-ring (bicyclic) bond motifs is 1. The molecule has 0 fully saturated rings. The molecule has 2 heterocycles. The third-order valence-electron chi connectivity index (χ3n) is 2.71. The smallest absolute Gasteiger partial charge is 0.272 e. The van der Waals surface area contributed by atoms with Crippen molar-refractivity contribution in [2.75, 3.05) is 0 Å². The van der Waals surface area contributed by atoms with Crippen molar-refractivity contribution in [3.05, 3.63) is 21.7 Å². The molecule has 0 spiro atoms. The van der Waals surface area contributed by atoms with Crippen molar-refractivity contribution < 1.29 is 5.11 Å². The lowest BCUT2D eigenvalue weighted by molar-refractivity contribution is 0.432. The van der Waals surface area contributed by atoms with E-state index in [-0.39, 0.29) is 11.4 Å². The number of rotatable bonds is 2. The molecule has 4 nitrogen and oxygen atoms in total. The third-order valence-corrected chi connectivity index (χ3v) is 2.71. The van der Waals surface area contributed by atoms with Crippen molar-refractivity contribution in [2.24, 2.45) is 5.92 Å². The van der Waals surface area contributed by atoms with E-state index < -0.39 is 0 Å². The minimum atomic E-state index is -0.0194. The standard InChI is InChI=1S/C11H16N2O2/c1-7(2)6-8-11(15)13-5-3-4-9(13)10(14)12-8/h7,14H,3-6H2,1-2H3. The lowest BCUT2D eigenvalue weighted by atomic mass is 10.1. The monoisotopic (exact) mass is 208 g/mol. The first-order valence-electron chi connectivity index (χ1n) is 5.41. The molecular weight excluding hydrogens is 192 g/mol. The van der Waals surface area contributed by atoms with Crippen LogP contribution in [0, 0.1) is 5.92 Å². The van der Waals surface area contributed by atoms with Gasteiger partial charge in [-0.1, -0.05) is 13.8 Å². The molecule has 2 rings (SSSR count). The zero-order valence-electron chi connectivity index (χ0n) is 9.16. The maximum absolute atomic E-state index is 11.9. The third kappa shape index (κ3) is 1.76. The van der Waals surface area contributed by atoms with E-state index in [1.54, 1.807) is 4.57 Å². The lowest BCUT2D eigenvalue weighted by Crippen LogP contribution is -2.25. The van der Waals surface area contributed by atoms with Gasteiger partial charge in [-0.25, -0.2) is 4.98 Å². The van der Waals surface area contributed by atoms with E-state index in [0.717, 1.165) is 19.4 Å². The molecule has 82 valence electrons. The molecule has 0 aliphatic carbocycles. The Morgan fingerprint density at radius 1 is 1.53 bits per heavy atom. The first-order valence-corrected chi connectivity index (χ1v) is 5.41. The number of hydrogen-bond acceptors (Lipinski definition) is 3. The average molecular weight is 208 g/mol. The molecule has 1 aliphatic rings. The van der Waals surface area contributed by atoms with Gasteiger partial charge in [0.25, 0.3) is 5.56 Å². The molecule has 0 saturated carbocycles. The zero-order valence-corrected chi connectivity index (χ0v) is 9.16. The van der Waals surface area contributed by atoms with Crippen LogP contribution in [0.1, 0.15) is 31.7 Å². The Bertz CT molecular complexity index is 435. The first kappa shape index (κ1) is 10.2. The van der Waals surface area contributed by atoms with E-state index in [1.165, 1.54) is 0 Å². The SMILES string of the molecule is CC(C)Cc1nc(O)c2n(c1=O)CCC2. The molecule has 0 amide bonds. The van der Waals surface area contributed by atoms with E-state index >= 15 is 0 Å². The zero-order chi connectivity index (χ0) is 11.0. The summed E-state index contributed by atoms with van der Waals surface area (Å²) in [6, 6.07) is 0. The van der Waals surface area contributed by atoms with Crippen LogP contribution in [0.5, 0.6) is 5.88 Å². The summed E-state index contributed by atoms with van der Waals surface area (Å²) >= 11 is 0. The van der Waals surface area contributed by atoms with Crippen molar-refractivity contribution >= 4 is 0 Å². The second kappa shape index (κ2) is 3.68. The van der Waals surface area contributed by atoms with Crippen LogP contribution in [0.15, 0.2) is 4.79 Å². The van der Waals surface area contributed by atoms with Crippen LogP contribution in [0.2, 0.25) is 0 Å². The van der Waals surface area contributed by atoms with Crippen molar-refractivity contribution in [1.82, 2.24) is 9.55 Å². The highest BCUT2D eigenvalue weighted by Crippen LogP contribution is 2.20. The molecule has 1 aliphatic heterocycles. The molecule has 4 heteroatoms. The molecular formula is C11H16N2O2. The van der Waals surface area contributed by atoms with Gasteiger partial charge in [0.15, 0.2) is 0 Å². The summed E-state index contributed by atoms with van der Waals surface area (Å²) in [5.74, 6) is 0.424. The molecule has 0 radical (unpaired) electrons. The quantitative estimate of drug-likeness (QED) is 0.791. The summed E-state index contributed by atoms with van der Waals surface area (Å²) in [5, 5.41) is 9.68. The van der Waals surface area contributed by atoms with Crippen LogP contribution < -0.4 is 5.56 Å². The Hall–Kier alpha value is -1.32. The molecule has 1 aromatic rings. The fourth-order valence-electron chi connectivity index (χ4n) is 2.05. The van der Waals surface area contributed by atoms with Gasteiger partial charge in [-0.3, -0.25) is 4.79 Å². The molecule has 0 saturated heterocycles. The Morgan fingerprint density at radius 2 is 2.27 bits per heavy atom. The maximum atomic E-state index is 11.9. The van der Waals surface area contributed by atoms with E-state index in [2.05, 4.69) is 4.98 Å². The summed E-state index contributed by atoms with van der Waals surface area (Å²) in [5.41, 5.74) is 1.18. The molecule has 1 N–H and O–H groups in total. The topological polar surface area (TPSA) is 55.1 Å². The Kier molecular flexibility index (Phi) is 2.50. The molecule has 0 atom stereocenters. The van der Waals surface area contributed by atoms with Gasteiger partial charge < -0.3 is 9.67 Å². The Balaban J connectivity index is 2.50. The van der Waals surface area contributed by atoms with Gasteiger partial charge in [-0.2, -0.15) is 0 Å². The molecule has 15 heavy (non-hydrogen) atoms. The van der Waals surface area contributed by atoms with Gasteiger partial charge in [-0.15, -0.1) is 0 Å². The number of nitrogens with zero attached hydrogens (tertiary/aromatic N) is 2. The second-order valence-electron chi connectivity index (χ2n) is 4.49. The summed E-state index contributed by atoms with van der Waals surface area (Å²) in [6.07, 6.45) is 2.32. The summed E-state index contributed by atoms with van der Waals surface area (Å²) < 4.78 is 1.67. The van der Waals surface area contributed by atoms with Crippen LogP contribution in [0.25, 0.3) is 0 Å². The van der Waals surface area contributed by atoms with E-state index in [9.17, 15) is 9.90 Å². The van der Waals surface area contributed by atoms with Crippen molar-refractivity contribution in [1.29, 1.82) is 0 Å². The fraction of sp³-hybridized carbons (Fsp3) is 0.636. The fourth-order valence-corrected chi connectivity index (χ4v) is 2.05.